The maximum atomic E-state index is 5.80. The molecule has 14 heavy (non-hydrogen) atoms. The zero-order valence-electron chi connectivity index (χ0n) is 7.24. The second-order valence-electron chi connectivity index (χ2n) is 3.00. The largest absolute Gasteiger partial charge is 0.364 e. The van der Waals surface area contributed by atoms with Gasteiger partial charge in [0.05, 0.1) is 0 Å². The molecule has 0 fully saturated rings. The summed E-state index contributed by atoms with van der Waals surface area (Å²) in [4.78, 5) is 3.96. The van der Waals surface area contributed by atoms with Crippen LogP contribution >= 0.6 is 23.2 Å². The van der Waals surface area contributed by atoms with Crippen molar-refractivity contribution < 1.29 is 0 Å². The number of halogens is 2. The van der Waals surface area contributed by atoms with Crippen molar-refractivity contribution in [1.29, 1.82) is 0 Å². The molecule has 1 aromatic heterocycles. The SMILES string of the molecule is Clc1nnc(Cl)c(NC2CC=CC2)n1. The molecule has 0 saturated heterocycles. The van der Waals surface area contributed by atoms with E-state index in [2.05, 4.69) is 32.7 Å². The van der Waals surface area contributed by atoms with Crippen molar-refractivity contribution in [2.24, 2.45) is 0 Å². The normalized spacial score (nSPS) is 16.1. The van der Waals surface area contributed by atoms with Gasteiger partial charge in [-0.25, -0.2) is 0 Å². The summed E-state index contributed by atoms with van der Waals surface area (Å²) in [5, 5.41) is 10.7. The number of hydrogen-bond donors (Lipinski definition) is 1. The number of nitrogens with one attached hydrogen (secondary N) is 1. The molecule has 0 bridgehead atoms. The second kappa shape index (κ2) is 4.11. The van der Waals surface area contributed by atoms with Crippen LogP contribution in [0.1, 0.15) is 12.8 Å². The third kappa shape index (κ3) is 2.13. The van der Waals surface area contributed by atoms with Crippen LogP contribution in [-0.4, -0.2) is 21.2 Å². The highest BCUT2D eigenvalue weighted by Gasteiger charge is 2.13. The highest BCUT2D eigenvalue weighted by atomic mass is 35.5. The molecule has 0 aromatic carbocycles. The molecule has 0 aliphatic heterocycles. The van der Waals surface area contributed by atoms with Crippen molar-refractivity contribution in [2.75, 3.05) is 5.32 Å². The lowest BCUT2D eigenvalue weighted by Crippen LogP contribution is -2.17. The van der Waals surface area contributed by atoms with Crippen molar-refractivity contribution in [3.63, 3.8) is 0 Å². The van der Waals surface area contributed by atoms with E-state index < -0.39 is 0 Å². The van der Waals surface area contributed by atoms with Gasteiger partial charge in [0.25, 0.3) is 0 Å². The predicted molar refractivity (Wildman–Crippen MR) is 55.6 cm³/mol. The lowest BCUT2D eigenvalue weighted by molar-refractivity contribution is 0.775. The molecule has 74 valence electrons. The van der Waals surface area contributed by atoms with E-state index in [-0.39, 0.29) is 10.4 Å². The van der Waals surface area contributed by atoms with E-state index in [4.69, 9.17) is 23.2 Å². The third-order valence-corrected chi connectivity index (χ3v) is 2.38. The van der Waals surface area contributed by atoms with Gasteiger partial charge in [0, 0.05) is 6.04 Å². The summed E-state index contributed by atoms with van der Waals surface area (Å²) in [6.45, 7) is 0. The van der Waals surface area contributed by atoms with E-state index in [1.54, 1.807) is 0 Å². The van der Waals surface area contributed by atoms with Crippen LogP contribution in [0, 0.1) is 0 Å². The molecular weight excluding hydrogens is 223 g/mol. The number of hydrogen-bond acceptors (Lipinski definition) is 4. The van der Waals surface area contributed by atoms with Crippen molar-refractivity contribution in [3.05, 3.63) is 22.6 Å². The fraction of sp³-hybridized carbons (Fsp3) is 0.375. The smallest absolute Gasteiger partial charge is 0.245 e. The van der Waals surface area contributed by atoms with Gasteiger partial charge in [-0.2, -0.15) is 4.98 Å². The molecule has 1 aliphatic carbocycles. The summed E-state index contributed by atoms with van der Waals surface area (Å²) < 4.78 is 0. The zero-order chi connectivity index (χ0) is 9.97. The highest BCUT2D eigenvalue weighted by molar-refractivity contribution is 6.32. The summed E-state index contributed by atoms with van der Waals surface area (Å²) in [5.74, 6) is 0.500. The maximum absolute atomic E-state index is 5.80. The maximum Gasteiger partial charge on any atom is 0.245 e. The number of rotatable bonds is 2. The van der Waals surface area contributed by atoms with Gasteiger partial charge in [0.15, 0.2) is 11.0 Å². The van der Waals surface area contributed by atoms with Crippen LogP contribution in [0.25, 0.3) is 0 Å². The Morgan fingerprint density at radius 2 is 1.93 bits per heavy atom. The van der Waals surface area contributed by atoms with Crippen LogP contribution in [-0.2, 0) is 0 Å². The fourth-order valence-corrected chi connectivity index (χ4v) is 1.57. The molecule has 4 nitrogen and oxygen atoms in total. The molecular formula is C8H8Cl2N4. The summed E-state index contributed by atoms with van der Waals surface area (Å²) in [5.41, 5.74) is 0. The van der Waals surface area contributed by atoms with Gasteiger partial charge in [-0.15, -0.1) is 10.2 Å². The van der Waals surface area contributed by atoms with Gasteiger partial charge >= 0.3 is 0 Å². The highest BCUT2D eigenvalue weighted by Crippen LogP contribution is 2.21. The predicted octanol–water partition coefficient (Wildman–Crippen LogP) is 2.31. The molecule has 1 aliphatic rings. The minimum atomic E-state index is 0.0999. The van der Waals surface area contributed by atoms with Crippen molar-refractivity contribution in [2.45, 2.75) is 18.9 Å². The summed E-state index contributed by atoms with van der Waals surface area (Å²) in [6.07, 6.45) is 6.17. The van der Waals surface area contributed by atoms with E-state index in [1.165, 1.54) is 0 Å². The number of nitrogens with zero attached hydrogens (tertiary/aromatic N) is 3. The van der Waals surface area contributed by atoms with Crippen LogP contribution in [0.15, 0.2) is 12.2 Å². The first-order valence-electron chi connectivity index (χ1n) is 4.23. The summed E-state index contributed by atoms with van der Waals surface area (Å²) in [7, 11) is 0. The Morgan fingerprint density at radius 1 is 1.21 bits per heavy atom. The molecule has 0 saturated carbocycles. The minimum Gasteiger partial charge on any atom is -0.364 e. The van der Waals surface area contributed by atoms with Crippen LogP contribution in [0.4, 0.5) is 5.82 Å². The number of aromatic nitrogens is 3. The molecule has 0 unspecified atom stereocenters. The summed E-state index contributed by atoms with van der Waals surface area (Å²) in [6, 6.07) is 0.334. The first kappa shape index (κ1) is 9.68. The van der Waals surface area contributed by atoms with Crippen molar-refractivity contribution in [1.82, 2.24) is 15.2 Å². The lowest BCUT2D eigenvalue weighted by atomic mass is 10.2. The van der Waals surface area contributed by atoms with Crippen LogP contribution in [0.2, 0.25) is 10.4 Å². The quantitative estimate of drug-likeness (QED) is 0.793. The molecule has 1 aromatic rings. The summed E-state index contributed by atoms with van der Waals surface area (Å²) >= 11 is 11.4. The van der Waals surface area contributed by atoms with E-state index in [1.807, 2.05) is 0 Å². The van der Waals surface area contributed by atoms with Crippen molar-refractivity contribution >= 4 is 29.0 Å². The van der Waals surface area contributed by atoms with Crippen LogP contribution in [0.5, 0.6) is 0 Å². The molecule has 1 N–H and O–H groups in total. The van der Waals surface area contributed by atoms with Crippen molar-refractivity contribution in [3.8, 4) is 0 Å². The fourth-order valence-electron chi connectivity index (χ4n) is 1.31. The van der Waals surface area contributed by atoms with Gasteiger partial charge in [-0.3, -0.25) is 0 Å². The topological polar surface area (TPSA) is 50.7 Å². The van der Waals surface area contributed by atoms with Gasteiger partial charge < -0.3 is 5.32 Å². The second-order valence-corrected chi connectivity index (χ2v) is 3.70. The molecule has 0 amide bonds. The standard InChI is InChI=1S/C8H8Cl2N4/c9-6-7(12-8(10)14-13-6)11-5-3-1-2-4-5/h1-2,5H,3-4H2,(H,11,12,14). The van der Waals surface area contributed by atoms with Crippen LogP contribution in [0.3, 0.4) is 0 Å². The Bertz CT molecular complexity index is 358. The Hall–Kier alpha value is -0.870. The minimum absolute atomic E-state index is 0.0999. The Labute approximate surface area is 91.3 Å². The average molecular weight is 231 g/mol. The Kier molecular flexibility index (Phi) is 2.84. The molecule has 2 rings (SSSR count). The average Bonchev–Trinajstić information content (AvgIpc) is 2.64. The molecule has 0 atom stereocenters. The first-order chi connectivity index (χ1) is 6.75. The van der Waals surface area contributed by atoms with Gasteiger partial charge in [0.1, 0.15) is 0 Å². The first-order valence-corrected chi connectivity index (χ1v) is 4.98. The Morgan fingerprint density at radius 3 is 2.64 bits per heavy atom. The Balaban J connectivity index is 2.11. The lowest BCUT2D eigenvalue weighted by Gasteiger charge is -2.12. The monoisotopic (exact) mass is 230 g/mol. The van der Waals surface area contributed by atoms with Gasteiger partial charge in [-0.1, -0.05) is 23.8 Å². The molecule has 0 spiro atoms. The zero-order valence-corrected chi connectivity index (χ0v) is 8.76. The van der Waals surface area contributed by atoms with Crippen LogP contribution < -0.4 is 5.32 Å². The van der Waals surface area contributed by atoms with E-state index in [0.29, 0.717) is 11.9 Å². The third-order valence-electron chi connectivity index (χ3n) is 1.97. The molecule has 0 radical (unpaired) electrons. The number of anilines is 1. The van der Waals surface area contributed by atoms with E-state index >= 15 is 0 Å². The van der Waals surface area contributed by atoms with E-state index in [9.17, 15) is 0 Å². The molecule has 6 heteroatoms. The van der Waals surface area contributed by atoms with Gasteiger partial charge in [0.2, 0.25) is 5.28 Å². The molecule has 1 heterocycles. The van der Waals surface area contributed by atoms with E-state index in [0.717, 1.165) is 12.8 Å². The van der Waals surface area contributed by atoms with Gasteiger partial charge in [-0.05, 0) is 24.4 Å².